The summed E-state index contributed by atoms with van der Waals surface area (Å²) in [6.45, 7) is 5.22. The van der Waals surface area contributed by atoms with Gasteiger partial charge in [0.25, 0.3) is 0 Å². The Hall–Kier alpha value is -0.700. The number of ether oxygens (including phenoxy) is 1. The van der Waals surface area contributed by atoms with E-state index in [2.05, 4.69) is 46.8 Å². The molecule has 0 aromatic heterocycles. The molecule has 18 heavy (non-hydrogen) atoms. The van der Waals surface area contributed by atoms with Crippen molar-refractivity contribution < 1.29 is 4.74 Å². The Bertz CT molecular complexity index is 353. The standard InChI is InChI=1S/C15H24BrNO/c1-5-15(6-2,11-16)12-18-14-9-7-8-13(10-14)17(3)4/h7-10H,5-6,11-12H2,1-4H3. The van der Waals surface area contributed by atoms with Crippen molar-refractivity contribution in [3.8, 4) is 5.75 Å². The molecule has 0 unspecified atom stereocenters. The SMILES string of the molecule is CCC(CC)(CBr)COc1cccc(N(C)C)c1. The van der Waals surface area contributed by atoms with E-state index >= 15 is 0 Å². The minimum Gasteiger partial charge on any atom is -0.493 e. The van der Waals surface area contributed by atoms with Gasteiger partial charge in [0.2, 0.25) is 0 Å². The number of hydrogen-bond acceptors (Lipinski definition) is 2. The normalized spacial score (nSPS) is 11.4. The molecule has 3 heteroatoms. The molecule has 0 bridgehead atoms. The van der Waals surface area contributed by atoms with E-state index in [1.807, 2.05) is 26.2 Å². The van der Waals surface area contributed by atoms with Crippen LogP contribution in [-0.4, -0.2) is 26.0 Å². The predicted octanol–water partition coefficient (Wildman–Crippen LogP) is 4.33. The first kappa shape index (κ1) is 15.4. The molecule has 0 radical (unpaired) electrons. The first-order chi connectivity index (χ1) is 8.56. The van der Waals surface area contributed by atoms with Crippen molar-refractivity contribution in [3.05, 3.63) is 24.3 Å². The average molecular weight is 314 g/mol. The van der Waals surface area contributed by atoms with E-state index < -0.39 is 0 Å². The van der Waals surface area contributed by atoms with Crippen LogP contribution < -0.4 is 9.64 Å². The monoisotopic (exact) mass is 313 g/mol. The van der Waals surface area contributed by atoms with Gasteiger partial charge in [-0.05, 0) is 25.0 Å². The Balaban J connectivity index is 2.70. The summed E-state index contributed by atoms with van der Waals surface area (Å²) in [7, 11) is 4.08. The van der Waals surface area contributed by atoms with Crippen LogP contribution in [-0.2, 0) is 0 Å². The predicted molar refractivity (Wildman–Crippen MR) is 83.1 cm³/mol. The number of alkyl halides is 1. The number of anilines is 1. The summed E-state index contributed by atoms with van der Waals surface area (Å²) >= 11 is 3.62. The second-order valence-corrected chi connectivity index (χ2v) is 5.58. The molecule has 0 N–H and O–H groups in total. The van der Waals surface area contributed by atoms with Crippen molar-refractivity contribution in [2.45, 2.75) is 26.7 Å². The van der Waals surface area contributed by atoms with E-state index in [0.29, 0.717) is 0 Å². The van der Waals surface area contributed by atoms with Crippen molar-refractivity contribution in [1.82, 2.24) is 0 Å². The van der Waals surface area contributed by atoms with Crippen molar-refractivity contribution in [2.75, 3.05) is 30.9 Å². The minimum absolute atomic E-state index is 0.244. The summed E-state index contributed by atoms with van der Waals surface area (Å²) < 4.78 is 5.98. The maximum absolute atomic E-state index is 5.98. The van der Waals surface area contributed by atoms with Gasteiger partial charge in [-0.15, -0.1) is 0 Å². The van der Waals surface area contributed by atoms with Gasteiger partial charge in [-0.3, -0.25) is 0 Å². The second-order valence-electron chi connectivity index (χ2n) is 5.02. The summed E-state index contributed by atoms with van der Waals surface area (Å²) in [5.74, 6) is 0.952. The Morgan fingerprint density at radius 1 is 1.22 bits per heavy atom. The van der Waals surface area contributed by atoms with Crippen LogP contribution in [0.1, 0.15) is 26.7 Å². The highest BCUT2D eigenvalue weighted by Gasteiger charge is 2.25. The molecule has 102 valence electrons. The molecule has 0 heterocycles. The number of hydrogen-bond donors (Lipinski definition) is 0. The number of benzene rings is 1. The van der Waals surface area contributed by atoms with Gasteiger partial charge in [0, 0.05) is 36.6 Å². The molecule has 0 aliphatic rings. The van der Waals surface area contributed by atoms with E-state index in [1.54, 1.807) is 0 Å². The third-order valence-corrected chi connectivity index (χ3v) is 4.85. The van der Waals surface area contributed by atoms with Gasteiger partial charge < -0.3 is 9.64 Å². The lowest BCUT2D eigenvalue weighted by Crippen LogP contribution is -2.29. The Labute approximate surface area is 119 Å². The molecule has 0 fully saturated rings. The van der Waals surface area contributed by atoms with E-state index in [9.17, 15) is 0 Å². The fourth-order valence-electron chi connectivity index (χ4n) is 1.77. The molecule has 1 rings (SSSR count). The molecule has 1 aromatic carbocycles. The van der Waals surface area contributed by atoms with Crippen LogP contribution in [0.15, 0.2) is 24.3 Å². The van der Waals surface area contributed by atoms with E-state index in [1.165, 1.54) is 5.69 Å². The Kier molecular flexibility index (Phi) is 6.00. The second kappa shape index (κ2) is 7.03. The van der Waals surface area contributed by atoms with Crippen molar-refractivity contribution >= 4 is 21.6 Å². The average Bonchev–Trinajstić information content (AvgIpc) is 2.41. The summed E-state index contributed by atoms with van der Waals surface area (Å²) in [6.07, 6.45) is 2.25. The highest BCUT2D eigenvalue weighted by Crippen LogP contribution is 2.30. The summed E-state index contributed by atoms with van der Waals surface area (Å²) in [6, 6.07) is 8.24. The molecule has 0 aliphatic carbocycles. The molecule has 0 saturated carbocycles. The summed E-state index contributed by atoms with van der Waals surface area (Å²) in [4.78, 5) is 2.09. The van der Waals surface area contributed by atoms with E-state index in [-0.39, 0.29) is 5.41 Å². The third-order valence-electron chi connectivity index (χ3n) is 3.66. The summed E-state index contributed by atoms with van der Waals surface area (Å²) in [5, 5.41) is 0.986. The maximum Gasteiger partial charge on any atom is 0.121 e. The first-order valence-corrected chi connectivity index (χ1v) is 7.65. The van der Waals surface area contributed by atoms with Crippen molar-refractivity contribution in [2.24, 2.45) is 5.41 Å². The van der Waals surface area contributed by atoms with Gasteiger partial charge >= 0.3 is 0 Å². The van der Waals surface area contributed by atoms with Gasteiger partial charge in [0.1, 0.15) is 5.75 Å². The zero-order chi connectivity index (χ0) is 13.6. The zero-order valence-corrected chi connectivity index (χ0v) is 13.5. The lowest BCUT2D eigenvalue weighted by molar-refractivity contribution is 0.158. The topological polar surface area (TPSA) is 12.5 Å². The number of nitrogens with zero attached hydrogens (tertiary/aromatic N) is 1. The van der Waals surface area contributed by atoms with Crippen LogP contribution >= 0.6 is 15.9 Å². The van der Waals surface area contributed by atoms with Gasteiger partial charge in [-0.2, -0.15) is 0 Å². The van der Waals surface area contributed by atoms with E-state index in [0.717, 1.165) is 30.5 Å². The van der Waals surface area contributed by atoms with Gasteiger partial charge in [0.05, 0.1) is 6.61 Å². The lowest BCUT2D eigenvalue weighted by Gasteiger charge is -2.29. The van der Waals surface area contributed by atoms with Crippen molar-refractivity contribution in [3.63, 3.8) is 0 Å². The smallest absolute Gasteiger partial charge is 0.121 e. The quantitative estimate of drug-likeness (QED) is 0.695. The third kappa shape index (κ3) is 3.91. The fourth-order valence-corrected chi connectivity index (χ4v) is 2.72. The van der Waals surface area contributed by atoms with Gasteiger partial charge in [-0.25, -0.2) is 0 Å². The van der Waals surface area contributed by atoms with Crippen LogP contribution in [0.25, 0.3) is 0 Å². The Morgan fingerprint density at radius 3 is 2.39 bits per heavy atom. The zero-order valence-electron chi connectivity index (χ0n) is 11.9. The highest BCUT2D eigenvalue weighted by atomic mass is 79.9. The minimum atomic E-state index is 0.244. The van der Waals surface area contributed by atoms with Crippen LogP contribution in [0.3, 0.4) is 0 Å². The molecule has 0 spiro atoms. The molecule has 0 saturated heterocycles. The number of rotatable bonds is 7. The van der Waals surface area contributed by atoms with Crippen LogP contribution in [0, 0.1) is 5.41 Å². The maximum atomic E-state index is 5.98. The van der Waals surface area contributed by atoms with Gasteiger partial charge in [-0.1, -0.05) is 35.8 Å². The molecular formula is C15H24BrNO. The van der Waals surface area contributed by atoms with Crippen molar-refractivity contribution in [1.29, 1.82) is 0 Å². The van der Waals surface area contributed by atoms with Crippen LogP contribution in [0.5, 0.6) is 5.75 Å². The molecule has 0 atom stereocenters. The molecule has 0 aliphatic heterocycles. The van der Waals surface area contributed by atoms with E-state index in [4.69, 9.17) is 4.74 Å². The summed E-state index contributed by atoms with van der Waals surface area (Å²) in [5.41, 5.74) is 1.42. The van der Waals surface area contributed by atoms with Crippen LogP contribution in [0.2, 0.25) is 0 Å². The molecular weight excluding hydrogens is 290 g/mol. The number of halogens is 1. The highest BCUT2D eigenvalue weighted by molar-refractivity contribution is 9.09. The fraction of sp³-hybridized carbons (Fsp3) is 0.600. The molecule has 0 amide bonds. The first-order valence-electron chi connectivity index (χ1n) is 6.53. The molecule has 2 nitrogen and oxygen atoms in total. The van der Waals surface area contributed by atoms with Crippen LogP contribution in [0.4, 0.5) is 5.69 Å². The lowest BCUT2D eigenvalue weighted by atomic mass is 9.86. The Morgan fingerprint density at radius 2 is 1.89 bits per heavy atom. The molecule has 1 aromatic rings. The van der Waals surface area contributed by atoms with Gasteiger partial charge in [0.15, 0.2) is 0 Å². The largest absolute Gasteiger partial charge is 0.493 e.